The molecule has 7 heteroatoms. The van der Waals surface area contributed by atoms with E-state index >= 15 is 0 Å². The zero-order chi connectivity index (χ0) is 20.4. The van der Waals surface area contributed by atoms with Gasteiger partial charge >= 0.3 is 0 Å². The van der Waals surface area contributed by atoms with Crippen LogP contribution in [0.25, 0.3) is 10.6 Å². The van der Waals surface area contributed by atoms with Crippen molar-refractivity contribution in [1.29, 1.82) is 0 Å². The maximum absolute atomic E-state index is 9.73. The van der Waals surface area contributed by atoms with Crippen LogP contribution in [0.3, 0.4) is 0 Å². The first kappa shape index (κ1) is 19.2. The molecular formula is C22H19N3O2S2. The number of thiazole rings is 1. The van der Waals surface area contributed by atoms with Crippen molar-refractivity contribution >= 4 is 34.6 Å². The van der Waals surface area contributed by atoms with Gasteiger partial charge in [0, 0.05) is 5.38 Å². The van der Waals surface area contributed by atoms with Gasteiger partial charge in [-0.25, -0.2) is 9.67 Å². The molecule has 0 fully saturated rings. The van der Waals surface area contributed by atoms with E-state index < -0.39 is 0 Å². The van der Waals surface area contributed by atoms with E-state index in [1.54, 1.807) is 23.6 Å². The van der Waals surface area contributed by atoms with Crippen LogP contribution in [0.5, 0.6) is 11.5 Å². The Morgan fingerprint density at radius 2 is 1.83 bits per heavy atom. The molecule has 5 nitrogen and oxygen atoms in total. The fourth-order valence-electron chi connectivity index (χ4n) is 2.77. The average Bonchev–Trinajstić information content (AvgIpc) is 3.35. The summed E-state index contributed by atoms with van der Waals surface area (Å²) in [6, 6.07) is 14.9. The topological polar surface area (TPSA) is 70.1 Å². The number of aryl methyl sites for hydroxylation is 2. The first-order chi connectivity index (χ1) is 14.0. The number of phenols is 2. The second-order valence-corrected chi connectivity index (χ2v) is 8.37. The predicted molar refractivity (Wildman–Crippen MR) is 120 cm³/mol. The number of aromatic nitrogens is 1. The SMILES string of the molecule is Cc1ccc(C)c(N=c2scc(-c3cccs3)n2N=Cc2ccc(O)c(O)c2)c1. The van der Waals surface area contributed by atoms with Crippen LogP contribution in [0.1, 0.15) is 16.7 Å². The lowest BCUT2D eigenvalue weighted by Crippen LogP contribution is -2.11. The normalized spacial score (nSPS) is 12.1. The lowest BCUT2D eigenvalue weighted by atomic mass is 10.1. The van der Waals surface area contributed by atoms with Crippen LogP contribution in [0, 0.1) is 13.8 Å². The Labute approximate surface area is 176 Å². The Hall–Kier alpha value is -3.16. The number of rotatable bonds is 4. The van der Waals surface area contributed by atoms with E-state index in [1.807, 2.05) is 41.4 Å². The first-order valence-electron chi connectivity index (χ1n) is 8.94. The molecule has 0 unspecified atom stereocenters. The highest BCUT2D eigenvalue weighted by Gasteiger charge is 2.09. The molecule has 29 heavy (non-hydrogen) atoms. The van der Waals surface area contributed by atoms with Gasteiger partial charge in [-0.3, -0.25) is 0 Å². The van der Waals surface area contributed by atoms with Crippen molar-refractivity contribution in [3.63, 3.8) is 0 Å². The van der Waals surface area contributed by atoms with Crippen LogP contribution in [0.2, 0.25) is 0 Å². The molecule has 0 radical (unpaired) electrons. The van der Waals surface area contributed by atoms with Crippen LogP contribution < -0.4 is 4.80 Å². The average molecular weight is 422 g/mol. The van der Waals surface area contributed by atoms with Crippen LogP contribution in [-0.2, 0) is 0 Å². The van der Waals surface area contributed by atoms with Gasteiger partial charge in [0.25, 0.3) is 0 Å². The maximum Gasteiger partial charge on any atom is 0.211 e. The number of phenolic OH excluding ortho intramolecular Hbond substituents is 2. The van der Waals surface area contributed by atoms with Gasteiger partial charge in [0.15, 0.2) is 11.5 Å². The van der Waals surface area contributed by atoms with Gasteiger partial charge in [0.2, 0.25) is 4.80 Å². The summed E-state index contributed by atoms with van der Waals surface area (Å²) < 4.78 is 1.81. The smallest absolute Gasteiger partial charge is 0.211 e. The molecule has 0 aliphatic heterocycles. The van der Waals surface area contributed by atoms with Crippen molar-refractivity contribution in [2.45, 2.75) is 13.8 Å². The molecule has 146 valence electrons. The largest absolute Gasteiger partial charge is 0.504 e. The van der Waals surface area contributed by atoms with Crippen LogP contribution >= 0.6 is 22.7 Å². The molecule has 0 aliphatic rings. The second kappa shape index (κ2) is 8.06. The highest BCUT2D eigenvalue weighted by Crippen LogP contribution is 2.27. The highest BCUT2D eigenvalue weighted by molar-refractivity contribution is 7.14. The second-order valence-electron chi connectivity index (χ2n) is 6.59. The Morgan fingerprint density at radius 3 is 2.59 bits per heavy atom. The van der Waals surface area contributed by atoms with Crippen molar-refractivity contribution < 1.29 is 10.2 Å². The molecule has 2 aromatic carbocycles. The quantitative estimate of drug-likeness (QED) is 0.341. The van der Waals surface area contributed by atoms with Gasteiger partial charge < -0.3 is 10.2 Å². The molecule has 4 aromatic rings. The monoisotopic (exact) mass is 421 g/mol. The Kier molecular flexibility index (Phi) is 5.33. The molecular weight excluding hydrogens is 402 g/mol. The van der Waals surface area contributed by atoms with Crippen molar-refractivity contribution in [2.24, 2.45) is 10.1 Å². The minimum absolute atomic E-state index is 0.157. The molecule has 0 aliphatic carbocycles. The Morgan fingerprint density at radius 1 is 0.966 bits per heavy atom. The van der Waals surface area contributed by atoms with E-state index in [4.69, 9.17) is 4.99 Å². The third-order valence-corrected chi connectivity index (χ3v) is 6.07. The zero-order valence-electron chi connectivity index (χ0n) is 15.9. The number of thiophene rings is 1. The molecule has 0 amide bonds. The van der Waals surface area contributed by atoms with E-state index in [-0.39, 0.29) is 11.5 Å². The van der Waals surface area contributed by atoms with Crippen LogP contribution in [-0.4, -0.2) is 21.1 Å². The standard InChI is InChI=1S/C22H19N3O2S2/c1-14-5-6-15(2)17(10-14)24-22-25(18(13-29-22)21-4-3-9-28-21)23-12-16-7-8-19(26)20(27)11-16/h3-13,26-27H,1-2H3. The minimum atomic E-state index is -0.178. The minimum Gasteiger partial charge on any atom is -0.504 e. The number of benzene rings is 2. The summed E-state index contributed by atoms with van der Waals surface area (Å²) in [6.45, 7) is 4.09. The maximum atomic E-state index is 9.73. The number of aromatic hydroxyl groups is 2. The molecule has 0 atom stereocenters. The Bertz CT molecular complexity index is 1250. The molecule has 2 aromatic heterocycles. The number of hydrogen-bond donors (Lipinski definition) is 2. The van der Waals surface area contributed by atoms with Crippen molar-refractivity contribution in [2.75, 3.05) is 0 Å². The van der Waals surface area contributed by atoms with Crippen molar-refractivity contribution in [3.05, 3.63) is 80.8 Å². The molecule has 2 heterocycles. The van der Waals surface area contributed by atoms with Gasteiger partial charge in [-0.15, -0.1) is 22.7 Å². The third-order valence-electron chi connectivity index (χ3n) is 4.36. The van der Waals surface area contributed by atoms with E-state index in [9.17, 15) is 10.2 Å². The fourth-order valence-corrected chi connectivity index (χ4v) is 4.41. The first-order valence-corrected chi connectivity index (χ1v) is 10.7. The fraction of sp³-hybridized carbons (Fsp3) is 0.0909. The molecule has 0 spiro atoms. The molecule has 2 N–H and O–H groups in total. The third kappa shape index (κ3) is 4.16. The lowest BCUT2D eigenvalue weighted by molar-refractivity contribution is 0.403. The van der Waals surface area contributed by atoms with E-state index in [1.165, 1.54) is 23.5 Å². The van der Waals surface area contributed by atoms with Gasteiger partial charge in [-0.2, -0.15) is 5.10 Å². The van der Waals surface area contributed by atoms with Gasteiger partial charge in [0.1, 0.15) is 0 Å². The van der Waals surface area contributed by atoms with E-state index in [0.717, 1.165) is 32.2 Å². The summed E-state index contributed by atoms with van der Waals surface area (Å²) in [5.74, 6) is -0.335. The van der Waals surface area contributed by atoms with E-state index in [2.05, 4.69) is 23.3 Å². The summed E-state index contributed by atoms with van der Waals surface area (Å²) in [6.07, 6.45) is 1.64. The number of nitrogens with zero attached hydrogens (tertiary/aromatic N) is 3. The summed E-state index contributed by atoms with van der Waals surface area (Å²) >= 11 is 3.16. The van der Waals surface area contributed by atoms with Gasteiger partial charge in [-0.1, -0.05) is 18.2 Å². The predicted octanol–water partition coefficient (Wildman–Crippen LogP) is 5.42. The van der Waals surface area contributed by atoms with Crippen LogP contribution in [0.15, 0.2) is 69.4 Å². The number of hydrogen-bond acceptors (Lipinski definition) is 6. The van der Waals surface area contributed by atoms with Gasteiger partial charge in [0.05, 0.1) is 22.5 Å². The summed E-state index contributed by atoms with van der Waals surface area (Å²) in [4.78, 5) is 6.70. The zero-order valence-corrected chi connectivity index (χ0v) is 17.5. The van der Waals surface area contributed by atoms with Crippen LogP contribution in [0.4, 0.5) is 5.69 Å². The van der Waals surface area contributed by atoms with Gasteiger partial charge in [-0.05, 0) is 66.2 Å². The summed E-state index contributed by atoms with van der Waals surface area (Å²) in [5, 5.41) is 27.9. The molecule has 0 bridgehead atoms. The summed E-state index contributed by atoms with van der Waals surface area (Å²) in [5.41, 5.74) is 4.79. The van der Waals surface area contributed by atoms with E-state index in [0.29, 0.717) is 5.56 Å². The molecule has 4 rings (SSSR count). The van der Waals surface area contributed by atoms with Crippen molar-refractivity contribution in [1.82, 2.24) is 4.68 Å². The Balaban J connectivity index is 1.85. The molecule has 0 saturated carbocycles. The van der Waals surface area contributed by atoms with Crippen molar-refractivity contribution in [3.8, 4) is 22.1 Å². The lowest BCUT2D eigenvalue weighted by Gasteiger charge is -2.03. The summed E-state index contributed by atoms with van der Waals surface area (Å²) in [7, 11) is 0. The highest BCUT2D eigenvalue weighted by atomic mass is 32.1. The molecule has 0 saturated heterocycles.